The molecule has 1 aromatic rings. The van der Waals surface area contributed by atoms with Crippen molar-refractivity contribution in [3.63, 3.8) is 0 Å². The maximum atomic E-state index is 5.39. The summed E-state index contributed by atoms with van der Waals surface area (Å²) in [4.78, 5) is 7.90. The van der Waals surface area contributed by atoms with Crippen LogP contribution in [0.3, 0.4) is 0 Å². The number of nitrogens with zero attached hydrogens (tertiary/aromatic N) is 2. The SMILES string of the molecule is C#CCOc1nccnc1CN. The number of hydrogen-bond acceptors (Lipinski definition) is 4. The van der Waals surface area contributed by atoms with Gasteiger partial charge in [-0.1, -0.05) is 5.92 Å². The molecule has 0 aliphatic carbocycles. The molecule has 4 nitrogen and oxygen atoms in total. The summed E-state index contributed by atoms with van der Waals surface area (Å²) in [6.07, 6.45) is 8.11. The second kappa shape index (κ2) is 4.31. The van der Waals surface area contributed by atoms with E-state index in [-0.39, 0.29) is 6.61 Å². The lowest BCUT2D eigenvalue weighted by molar-refractivity contribution is 0.348. The molecular formula is C8H9N3O. The van der Waals surface area contributed by atoms with Crippen LogP contribution in [0, 0.1) is 12.3 Å². The minimum absolute atomic E-state index is 0.186. The van der Waals surface area contributed by atoms with Crippen LogP contribution in [0.15, 0.2) is 12.4 Å². The van der Waals surface area contributed by atoms with Crippen molar-refractivity contribution in [2.45, 2.75) is 6.54 Å². The lowest BCUT2D eigenvalue weighted by atomic mass is 10.4. The second-order valence-corrected chi connectivity index (χ2v) is 2.01. The molecule has 0 saturated heterocycles. The van der Waals surface area contributed by atoms with E-state index in [1.807, 2.05) is 0 Å². The van der Waals surface area contributed by atoms with E-state index in [1.54, 1.807) is 6.20 Å². The van der Waals surface area contributed by atoms with Crippen molar-refractivity contribution in [1.82, 2.24) is 9.97 Å². The Balaban J connectivity index is 2.76. The van der Waals surface area contributed by atoms with E-state index < -0.39 is 0 Å². The molecule has 0 unspecified atom stereocenters. The van der Waals surface area contributed by atoms with Crippen molar-refractivity contribution in [2.24, 2.45) is 5.73 Å². The fourth-order valence-electron chi connectivity index (χ4n) is 0.725. The number of ether oxygens (including phenoxy) is 1. The Morgan fingerprint density at radius 3 is 2.92 bits per heavy atom. The van der Waals surface area contributed by atoms with Gasteiger partial charge in [0.1, 0.15) is 5.69 Å². The predicted molar refractivity (Wildman–Crippen MR) is 44.3 cm³/mol. The molecule has 1 rings (SSSR count). The van der Waals surface area contributed by atoms with E-state index >= 15 is 0 Å². The van der Waals surface area contributed by atoms with Crippen LogP contribution in [0.4, 0.5) is 0 Å². The molecule has 0 aliphatic heterocycles. The fraction of sp³-hybridized carbons (Fsp3) is 0.250. The van der Waals surface area contributed by atoms with Gasteiger partial charge in [-0.2, -0.15) is 0 Å². The van der Waals surface area contributed by atoms with Crippen molar-refractivity contribution in [3.05, 3.63) is 18.1 Å². The Morgan fingerprint density at radius 1 is 1.50 bits per heavy atom. The van der Waals surface area contributed by atoms with Gasteiger partial charge in [0.25, 0.3) is 0 Å². The van der Waals surface area contributed by atoms with E-state index in [9.17, 15) is 0 Å². The van der Waals surface area contributed by atoms with Gasteiger partial charge in [0, 0.05) is 18.9 Å². The minimum Gasteiger partial charge on any atom is -0.463 e. The molecule has 12 heavy (non-hydrogen) atoms. The molecule has 0 aliphatic rings. The summed E-state index contributed by atoms with van der Waals surface area (Å²) in [7, 11) is 0. The summed E-state index contributed by atoms with van der Waals surface area (Å²) >= 11 is 0. The summed E-state index contributed by atoms with van der Waals surface area (Å²) in [6.45, 7) is 0.486. The zero-order valence-electron chi connectivity index (χ0n) is 6.53. The minimum atomic E-state index is 0.186. The Labute approximate surface area is 70.8 Å². The molecule has 0 radical (unpaired) electrons. The molecule has 0 amide bonds. The van der Waals surface area contributed by atoms with Crippen LogP contribution in [-0.4, -0.2) is 16.6 Å². The molecular weight excluding hydrogens is 154 g/mol. The van der Waals surface area contributed by atoms with Crippen LogP contribution < -0.4 is 10.5 Å². The van der Waals surface area contributed by atoms with Crippen LogP contribution >= 0.6 is 0 Å². The first-order chi connectivity index (χ1) is 5.88. The molecule has 2 N–H and O–H groups in total. The largest absolute Gasteiger partial charge is 0.463 e. The van der Waals surface area contributed by atoms with Gasteiger partial charge in [-0.15, -0.1) is 6.42 Å². The number of rotatable bonds is 3. The van der Waals surface area contributed by atoms with Gasteiger partial charge in [-0.25, -0.2) is 4.98 Å². The zero-order chi connectivity index (χ0) is 8.81. The third-order valence-electron chi connectivity index (χ3n) is 1.22. The first-order valence-electron chi connectivity index (χ1n) is 3.44. The highest BCUT2D eigenvalue weighted by atomic mass is 16.5. The maximum absolute atomic E-state index is 5.39. The predicted octanol–water partition coefficient (Wildman–Crippen LogP) is -0.0527. The highest BCUT2D eigenvalue weighted by Gasteiger charge is 2.02. The lowest BCUT2D eigenvalue weighted by Gasteiger charge is -2.03. The summed E-state index contributed by atoms with van der Waals surface area (Å²) in [6, 6.07) is 0. The number of aromatic nitrogens is 2. The van der Waals surface area contributed by atoms with Crippen molar-refractivity contribution >= 4 is 0 Å². The van der Waals surface area contributed by atoms with Gasteiger partial charge in [-0.05, 0) is 0 Å². The topological polar surface area (TPSA) is 61.0 Å². The highest BCUT2D eigenvalue weighted by Crippen LogP contribution is 2.09. The van der Waals surface area contributed by atoms with E-state index in [0.29, 0.717) is 18.1 Å². The summed E-state index contributed by atoms with van der Waals surface area (Å²) in [5.74, 6) is 2.75. The molecule has 0 atom stereocenters. The molecule has 1 heterocycles. The Hall–Kier alpha value is -1.60. The fourth-order valence-corrected chi connectivity index (χ4v) is 0.725. The van der Waals surface area contributed by atoms with Gasteiger partial charge >= 0.3 is 0 Å². The molecule has 0 bridgehead atoms. The van der Waals surface area contributed by atoms with E-state index in [2.05, 4.69) is 15.9 Å². The van der Waals surface area contributed by atoms with Gasteiger partial charge < -0.3 is 10.5 Å². The third kappa shape index (κ3) is 1.94. The standard InChI is InChI=1S/C8H9N3O/c1-2-5-12-8-7(6-9)10-3-4-11-8/h1,3-4H,5-6,9H2. The van der Waals surface area contributed by atoms with Gasteiger partial charge in [0.05, 0.1) is 0 Å². The van der Waals surface area contributed by atoms with Gasteiger partial charge in [-0.3, -0.25) is 4.98 Å². The molecule has 0 saturated carbocycles. The molecule has 0 spiro atoms. The average Bonchev–Trinajstić information content (AvgIpc) is 2.15. The van der Waals surface area contributed by atoms with E-state index in [0.717, 1.165) is 0 Å². The number of terminal acetylenes is 1. The van der Waals surface area contributed by atoms with E-state index in [1.165, 1.54) is 6.20 Å². The summed E-state index contributed by atoms with van der Waals surface area (Å²) < 4.78 is 5.09. The van der Waals surface area contributed by atoms with Crippen LogP contribution in [0.25, 0.3) is 0 Å². The quantitative estimate of drug-likeness (QED) is 0.634. The molecule has 1 aromatic heterocycles. The van der Waals surface area contributed by atoms with Gasteiger partial charge in [0.2, 0.25) is 5.88 Å². The Kier molecular flexibility index (Phi) is 3.05. The number of nitrogens with two attached hydrogens (primary N) is 1. The summed E-state index contributed by atoms with van der Waals surface area (Å²) in [5, 5.41) is 0. The van der Waals surface area contributed by atoms with Crippen molar-refractivity contribution < 1.29 is 4.74 Å². The maximum Gasteiger partial charge on any atom is 0.237 e. The molecule has 62 valence electrons. The van der Waals surface area contributed by atoms with Crippen LogP contribution in [0.1, 0.15) is 5.69 Å². The van der Waals surface area contributed by atoms with Crippen LogP contribution in [-0.2, 0) is 6.54 Å². The molecule has 0 aromatic carbocycles. The zero-order valence-corrected chi connectivity index (χ0v) is 6.53. The Morgan fingerprint density at radius 2 is 2.25 bits per heavy atom. The highest BCUT2D eigenvalue weighted by molar-refractivity contribution is 5.17. The van der Waals surface area contributed by atoms with Crippen molar-refractivity contribution in [2.75, 3.05) is 6.61 Å². The molecule has 0 fully saturated rings. The Bertz CT molecular complexity index is 293. The normalized spacial score (nSPS) is 9.00. The smallest absolute Gasteiger partial charge is 0.237 e. The average molecular weight is 163 g/mol. The van der Waals surface area contributed by atoms with Gasteiger partial charge in [0.15, 0.2) is 6.61 Å². The van der Waals surface area contributed by atoms with E-state index in [4.69, 9.17) is 16.9 Å². The first-order valence-corrected chi connectivity index (χ1v) is 3.44. The number of hydrogen-bond donors (Lipinski definition) is 1. The molecule has 4 heteroatoms. The first kappa shape index (κ1) is 8.50. The monoisotopic (exact) mass is 163 g/mol. The third-order valence-corrected chi connectivity index (χ3v) is 1.22. The van der Waals surface area contributed by atoms with Crippen LogP contribution in [0.2, 0.25) is 0 Å². The van der Waals surface area contributed by atoms with Crippen molar-refractivity contribution in [1.29, 1.82) is 0 Å². The van der Waals surface area contributed by atoms with Crippen molar-refractivity contribution in [3.8, 4) is 18.2 Å². The lowest BCUT2D eigenvalue weighted by Crippen LogP contribution is -2.06. The summed E-state index contributed by atoms with van der Waals surface area (Å²) in [5.41, 5.74) is 6.01. The van der Waals surface area contributed by atoms with Crippen LogP contribution in [0.5, 0.6) is 5.88 Å². The second-order valence-electron chi connectivity index (χ2n) is 2.01.